The van der Waals surface area contributed by atoms with Gasteiger partial charge in [0.2, 0.25) is 11.6 Å². The molecule has 40 heavy (non-hydrogen) atoms. The Morgan fingerprint density at radius 1 is 0.750 bits per heavy atom. The summed E-state index contributed by atoms with van der Waals surface area (Å²) in [4.78, 5) is 43.1. The summed E-state index contributed by atoms with van der Waals surface area (Å²) in [6.07, 6.45) is 0. The molecular weight excluding hydrogens is 496 g/mol. The molecule has 8 rings (SSSR count). The molecule has 0 saturated heterocycles. The number of benzene rings is 4. The molecule has 0 radical (unpaired) electrons. The number of para-hydroxylation sites is 4. The number of hydrogen-bond acceptors (Lipinski definition) is 5. The second-order valence-electron chi connectivity index (χ2n) is 10.0. The number of aromatic nitrogens is 1. The van der Waals surface area contributed by atoms with E-state index in [1.807, 2.05) is 109 Å². The second-order valence-corrected chi connectivity index (χ2v) is 10.0. The molecule has 0 aliphatic carbocycles. The van der Waals surface area contributed by atoms with Gasteiger partial charge in [-0.3, -0.25) is 9.59 Å². The Hall–Kier alpha value is -5.36. The Morgan fingerprint density at radius 2 is 1.48 bits per heavy atom. The van der Waals surface area contributed by atoms with E-state index in [2.05, 4.69) is 4.98 Å². The SMILES string of the molecule is CCN1/C(=C2\N=c3ccccc3=C2c2c(C3=Nc4ccccc4C3=O)[nH]c3ccccc23)C(=O)c2ccccc21. The number of nitrogens with zero attached hydrogens (tertiary/aromatic N) is 3. The summed E-state index contributed by atoms with van der Waals surface area (Å²) < 4.78 is 0. The third kappa shape index (κ3) is 2.98. The van der Waals surface area contributed by atoms with Crippen molar-refractivity contribution >= 4 is 45.1 Å². The summed E-state index contributed by atoms with van der Waals surface area (Å²) in [6.45, 7) is 2.65. The molecule has 190 valence electrons. The zero-order chi connectivity index (χ0) is 27.0. The van der Waals surface area contributed by atoms with E-state index >= 15 is 0 Å². The van der Waals surface area contributed by atoms with Crippen LogP contribution < -0.4 is 15.5 Å². The molecule has 0 atom stereocenters. The molecular formula is C34H22N4O2. The monoisotopic (exact) mass is 518 g/mol. The van der Waals surface area contributed by atoms with Crippen molar-refractivity contribution in [3.8, 4) is 0 Å². The maximum atomic E-state index is 14.0. The van der Waals surface area contributed by atoms with Crippen molar-refractivity contribution in [3.05, 3.63) is 141 Å². The van der Waals surface area contributed by atoms with Crippen molar-refractivity contribution in [2.24, 2.45) is 9.98 Å². The Balaban J connectivity index is 1.47. The van der Waals surface area contributed by atoms with Gasteiger partial charge in [-0.05, 0) is 43.3 Å². The average molecular weight is 519 g/mol. The lowest BCUT2D eigenvalue weighted by Gasteiger charge is -2.20. The third-order valence-corrected chi connectivity index (χ3v) is 7.90. The van der Waals surface area contributed by atoms with Crippen LogP contribution >= 0.6 is 0 Å². The summed E-state index contributed by atoms with van der Waals surface area (Å²) >= 11 is 0. The standard InChI is InChI=1S/C34H22N4O2/c1-2-38-26-18-10-6-14-22(26)34(40)32(38)30-28(20-12-4-8-16-24(20)36-30)27-19-11-3-7-15-23(19)35-29(27)31-33(39)21-13-5-9-17-25(21)37-31/h3-18,35H,2H2,1H3/b32-30-. The number of aromatic amines is 1. The van der Waals surface area contributed by atoms with Crippen LogP contribution in [0.25, 0.3) is 16.5 Å². The zero-order valence-electron chi connectivity index (χ0n) is 21.6. The first-order chi connectivity index (χ1) is 19.7. The number of rotatable bonds is 3. The number of Topliss-reactive ketones (excluding diaryl/α,β-unsaturated/α-hetero) is 2. The summed E-state index contributed by atoms with van der Waals surface area (Å²) in [7, 11) is 0. The molecule has 0 bridgehead atoms. The molecule has 1 N–H and O–H groups in total. The van der Waals surface area contributed by atoms with Gasteiger partial charge in [-0.25, -0.2) is 9.98 Å². The van der Waals surface area contributed by atoms with E-state index in [0.717, 1.165) is 38.3 Å². The minimum Gasteiger partial charge on any atom is -0.353 e. The van der Waals surface area contributed by atoms with Gasteiger partial charge in [0.15, 0.2) is 0 Å². The lowest BCUT2D eigenvalue weighted by molar-refractivity contribution is 0.103. The average Bonchev–Trinajstić information content (AvgIpc) is 3.72. The topological polar surface area (TPSA) is 77.9 Å². The highest BCUT2D eigenvalue weighted by atomic mass is 16.1. The minimum atomic E-state index is -0.124. The molecule has 6 heteroatoms. The van der Waals surface area contributed by atoms with E-state index < -0.39 is 0 Å². The summed E-state index contributed by atoms with van der Waals surface area (Å²) in [5, 5.41) is 2.65. The quantitative estimate of drug-likeness (QED) is 0.332. The minimum absolute atomic E-state index is 0.0513. The van der Waals surface area contributed by atoms with Crippen molar-refractivity contribution in [1.82, 2.24) is 4.98 Å². The number of likely N-dealkylation sites (N-methyl/N-ethyl adjacent to an activating group) is 1. The molecule has 0 amide bonds. The van der Waals surface area contributed by atoms with Crippen molar-refractivity contribution in [3.63, 3.8) is 0 Å². The predicted octanol–water partition coefficient (Wildman–Crippen LogP) is 5.25. The van der Waals surface area contributed by atoms with E-state index in [4.69, 9.17) is 9.98 Å². The van der Waals surface area contributed by atoms with Gasteiger partial charge in [-0.1, -0.05) is 60.7 Å². The first-order valence-corrected chi connectivity index (χ1v) is 13.3. The van der Waals surface area contributed by atoms with Gasteiger partial charge >= 0.3 is 0 Å². The van der Waals surface area contributed by atoms with Crippen molar-refractivity contribution in [2.45, 2.75) is 6.92 Å². The van der Waals surface area contributed by atoms with Crippen LogP contribution in [-0.2, 0) is 0 Å². The largest absolute Gasteiger partial charge is 0.353 e. The molecule has 3 aliphatic rings. The predicted molar refractivity (Wildman–Crippen MR) is 156 cm³/mol. The fraction of sp³-hybridized carbons (Fsp3) is 0.0588. The van der Waals surface area contributed by atoms with E-state index in [1.54, 1.807) is 0 Å². The number of fused-ring (bicyclic) bond motifs is 4. The van der Waals surface area contributed by atoms with Gasteiger partial charge in [0.1, 0.15) is 17.1 Å². The number of allylic oxidation sites excluding steroid dienone is 2. The fourth-order valence-electron chi connectivity index (χ4n) is 6.16. The van der Waals surface area contributed by atoms with E-state index in [1.165, 1.54) is 0 Å². The van der Waals surface area contributed by atoms with Crippen molar-refractivity contribution in [1.29, 1.82) is 0 Å². The molecule has 1 aromatic heterocycles. The highest BCUT2D eigenvalue weighted by molar-refractivity contribution is 6.55. The van der Waals surface area contributed by atoms with Crippen LogP contribution in [0.5, 0.6) is 0 Å². The lowest BCUT2D eigenvalue weighted by atomic mass is 9.93. The zero-order valence-corrected chi connectivity index (χ0v) is 21.6. The van der Waals surface area contributed by atoms with Crippen LogP contribution in [0.15, 0.2) is 118 Å². The van der Waals surface area contributed by atoms with Crippen LogP contribution in [0.2, 0.25) is 0 Å². The number of carbonyl (C=O) groups excluding carboxylic acids is 2. The van der Waals surface area contributed by atoms with Gasteiger partial charge < -0.3 is 9.88 Å². The number of nitrogens with one attached hydrogen (secondary N) is 1. The van der Waals surface area contributed by atoms with Crippen LogP contribution in [0.4, 0.5) is 11.4 Å². The molecule has 0 unspecified atom stereocenters. The van der Waals surface area contributed by atoms with Crippen LogP contribution in [0.3, 0.4) is 0 Å². The van der Waals surface area contributed by atoms with Gasteiger partial charge in [-0.2, -0.15) is 0 Å². The van der Waals surface area contributed by atoms with Crippen molar-refractivity contribution in [2.75, 3.05) is 11.4 Å². The number of hydrogen-bond donors (Lipinski definition) is 1. The first kappa shape index (κ1) is 22.6. The van der Waals surface area contributed by atoms with E-state index in [-0.39, 0.29) is 11.6 Å². The highest BCUT2D eigenvalue weighted by Crippen LogP contribution is 2.42. The Kier molecular flexibility index (Phi) is 4.70. The molecule has 4 heterocycles. The summed E-state index contributed by atoms with van der Waals surface area (Å²) in [6, 6.07) is 31.0. The van der Waals surface area contributed by atoms with Gasteiger partial charge in [-0.15, -0.1) is 0 Å². The summed E-state index contributed by atoms with van der Waals surface area (Å²) in [5.41, 5.74) is 7.48. The molecule has 0 fully saturated rings. The number of carbonyl (C=O) groups is 2. The normalized spacial score (nSPS) is 17.3. The molecule has 5 aromatic rings. The number of anilines is 1. The van der Waals surface area contributed by atoms with Crippen LogP contribution in [0, 0.1) is 0 Å². The maximum absolute atomic E-state index is 14.0. The number of aliphatic imine (C=N–C) groups is 1. The lowest BCUT2D eigenvalue weighted by Crippen LogP contribution is -2.24. The maximum Gasteiger partial charge on any atom is 0.215 e. The first-order valence-electron chi connectivity index (χ1n) is 13.3. The van der Waals surface area contributed by atoms with Gasteiger partial charge in [0.05, 0.1) is 22.4 Å². The van der Waals surface area contributed by atoms with Gasteiger partial charge in [0, 0.05) is 44.9 Å². The number of H-pyrrole nitrogens is 1. The highest BCUT2D eigenvalue weighted by Gasteiger charge is 2.38. The molecule has 3 aliphatic heterocycles. The molecule has 0 saturated carbocycles. The summed E-state index contributed by atoms with van der Waals surface area (Å²) in [5.74, 6) is -0.175. The second kappa shape index (κ2) is 8.32. The molecule has 4 aromatic carbocycles. The Bertz CT molecular complexity index is 2150. The molecule has 0 spiro atoms. The Morgan fingerprint density at radius 3 is 2.33 bits per heavy atom. The third-order valence-electron chi connectivity index (χ3n) is 7.90. The molecule has 6 nitrogen and oxygen atoms in total. The Labute approximate surface area is 229 Å². The fourth-order valence-corrected chi connectivity index (χ4v) is 6.16. The number of ketones is 2. The van der Waals surface area contributed by atoms with Gasteiger partial charge in [0.25, 0.3) is 0 Å². The van der Waals surface area contributed by atoms with Crippen LogP contribution in [0.1, 0.15) is 38.9 Å². The van der Waals surface area contributed by atoms with E-state index in [9.17, 15) is 9.59 Å². The van der Waals surface area contributed by atoms with Crippen molar-refractivity contribution < 1.29 is 9.59 Å². The smallest absolute Gasteiger partial charge is 0.215 e. The van der Waals surface area contributed by atoms with E-state index in [0.29, 0.717) is 46.2 Å². The van der Waals surface area contributed by atoms with Crippen LogP contribution in [-0.4, -0.2) is 28.8 Å².